The molecule has 0 spiro atoms. The van der Waals surface area contributed by atoms with E-state index < -0.39 is 6.01 Å². The molecule has 0 aromatic heterocycles. The Labute approximate surface area is 89.8 Å². The molecule has 0 aromatic carbocycles. The van der Waals surface area contributed by atoms with E-state index in [4.69, 9.17) is 4.74 Å². The van der Waals surface area contributed by atoms with Gasteiger partial charge in [-0.25, -0.2) is 0 Å². The van der Waals surface area contributed by atoms with Crippen molar-refractivity contribution in [3.63, 3.8) is 0 Å². The first-order valence-corrected chi connectivity index (χ1v) is 5.18. The first-order valence-electron chi connectivity index (χ1n) is 5.18. The molecule has 1 aliphatic heterocycles. The Morgan fingerprint density at radius 3 is 2.67 bits per heavy atom. The highest BCUT2D eigenvalue weighted by Crippen LogP contribution is 2.32. The summed E-state index contributed by atoms with van der Waals surface area (Å²) in [5.41, 5.74) is 0.602. The van der Waals surface area contributed by atoms with Crippen LogP contribution in [0.2, 0.25) is 0 Å². The number of carbonyl (C=O) groups excluding carboxylic acids is 1. The van der Waals surface area contributed by atoms with E-state index in [1.54, 1.807) is 6.92 Å². The van der Waals surface area contributed by atoms with Crippen LogP contribution in [0.15, 0.2) is 23.4 Å². The van der Waals surface area contributed by atoms with Gasteiger partial charge in [0.1, 0.15) is 5.76 Å². The van der Waals surface area contributed by atoms with Crippen LogP contribution < -0.4 is 0 Å². The van der Waals surface area contributed by atoms with E-state index in [0.717, 1.165) is 6.42 Å². The lowest BCUT2D eigenvalue weighted by molar-refractivity contribution is -0.114. The summed E-state index contributed by atoms with van der Waals surface area (Å²) in [6.07, 6.45) is 2.16. The Balaban J connectivity index is 2.97. The van der Waals surface area contributed by atoms with Gasteiger partial charge in [-0.2, -0.15) is 4.39 Å². The Kier molecular flexibility index (Phi) is 3.66. The molecule has 15 heavy (non-hydrogen) atoms. The van der Waals surface area contributed by atoms with Crippen LogP contribution in [-0.2, 0) is 9.53 Å². The minimum atomic E-state index is -0.594. The third-order valence-electron chi connectivity index (χ3n) is 2.44. The average molecular weight is 212 g/mol. The lowest BCUT2D eigenvalue weighted by Crippen LogP contribution is -2.17. The van der Waals surface area contributed by atoms with Gasteiger partial charge in [0.15, 0.2) is 5.78 Å². The molecule has 0 aliphatic carbocycles. The standard InChI is InChI=1S/C12H17FO2/c1-7(2)5-10-6-11(13)15-9(4)12(10)8(3)14/h6-7,10H,5H2,1-4H3. The Morgan fingerprint density at radius 1 is 1.60 bits per heavy atom. The lowest BCUT2D eigenvalue weighted by Gasteiger charge is -2.23. The lowest BCUT2D eigenvalue weighted by atomic mass is 9.86. The highest BCUT2D eigenvalue weighted by molar-refractivity contribution is 5.94. The third kappa shape index (κ3) is 2.91. The zero-order valence-corrected chi connectivity index (χ0v) is 9.63. The van der Waals surface area contributed by atoms with Gasteiger partial charge in [0.05, 0.1) is 0 Å². The third-order valence-corrected chi connectivity index (χ3v) is 2.44. The summed E-state index contributed by atoms with van der Waals surface area (Å²) in [7, 11) is 0. The molecule has 0 radical (unpaired) electrons. The van der Waals surface area contributed by atoms with Gasteiger partial charge in [0.2, 0.25) is 0 Å². The van der Waals surface area contributed by atoms with E-state index >= 15 is 0 Å². The molecule has 1 unspecified atom stereocenters. The SMILES string of the molecule is CC(=O)C1=C(C)OC(F)=CC1CC(C)C. The summed E-state index contributed by atoms with van der Waals surface area (Å²) in [6.45, 7) is 7.23. The van der Waals surface area contributed by atoms with Gasteiger partial charge in [0, 0.05) is 11.5 Å². The fourth-order valence-corrected chi connectivity index (χ4v) is 1.94. The molecule has 0 saturated heterocycles. The van der Waals surface area contributed by atoms with Gasteiger partial charge < -0.3 is 4.74 Å². The number of hydrogen-bond donors (Lipinski definition) is 0. The minimum Gasteiger partial charge on any atom is -0.436 e. The molecule has 3 heteroatoms. The fourth-order valence-electron chi connectivity index (χ4n) is 1.94. The molecule has 0 N–H and O–H groups in total. The molecule has 0 saturated carbocycles. The van der Waals surface area contributed by atoms with Crippen LogP contribution in [0.25, 0.3) is 0 Å². The van der Waals surface area contributed by atoms with Gasteiger partial charge >= 0.3 is 0 Å². The van der Waals surface area contributed by atoms with Gasteiger partial charge in [-0.05, 0) is 32.3 Å². The molecular formula is C12H17FO2. The maximum Gasteiger partial charge on any atom is 0.274 e. The second-order valence-corrected chi connectivity index (χ2v) is 4.33. The summed E-state index contributed by atoms with van der Waals surface area (Å²) < 4.78 is 17.9. The predicted octanol–water partition coefficient (Wildman–Crippen LogP) is 3.35. The minimum absolute atomic E-state index is 0.0399. The largest absolute Gasteiger partial charge is 0.436 e. The molecule has 2 nitrogen and oxygen atoms in total. The topological polar surface area (TPSA) is 26.3 Å². The van der Waals surface area contributed by atoms with E-state index in [1.807, 2.05) is 13.8 Å². The second-order valence-electron chi connectivity index (χ2n) is 4.33. The van der Waals surface area contributed by atoms with Crippen LogP contribution in [0, 0.1) is 11.8 Å². The molecule has 0 bridgehead atoms. The summed E-state index contributed by atoms with van der Waals surface area (Å²) in [5.74, 6) is 0.630. The number of Topliss-reactive ketones (excluding diaryl/α,β-unsaturated/α-hetero) is 1. The quantitative estimate of drug-likeness (QED) is 0.717. The van der Waals surface area contributed by atoms with Crippen LogP contribution >= 0.6 is 0 Å². The van der Waals surface area contributed by atoms with Crippen molar-refractivity contribution in [1.29, 1.82) is 0 Å². The zero-order valence-electron chi connectivity index (χ0n) is 9.63. The summed E-state index contributed by atoms with van der Waals surface area (Å²) in [5, 5.41) is 0. The van der Waals surface area contributed by atoms with Gasteiger partial charge in [0.25, 0.3) is 6.01 Å². The maximum absolute atomic E-state index is 13.1. The van der Waals surface area contributed by atoms with Crippen molar-refractivity contribution in [1.82, 2.24) is 0 Å². The first-order chi connectivity index (χ1) is 6.91. The van der Waals surface area contributed by atoms with E-state index in [9.17, 15) is 9.18 Å². The monoisotopic (exact) mass is 212 g/mol. The number of carbonyl (C=O) groups is 1. The van der Waals surface area contributed by atoms with Crippen LogP contribution in [0.4, 0.5) is 4.39 Å². The van der Waals surface area contributed by atoms with E-state index in [-0.39, 0.29) is 11.7 Å². The maximum atomic E-state index is 13.1. The summed E-state index contributed by atoms with van der Waals surface area (Å²) >= 11 is 0. The summed E-state index contributed by atoms with van der Waals surface area (Å²) in [4.78, 5) is 11.4. The fraction of sp³-hybridized carbons (Fsp3) is 0.583. The normalized spacial score (nSPS) is 21.5. The van der Waals surface area contributed by atoms with Gasteiger partial charge in [-0.1, -0.05) is 13.8 Å². The Morgan fingerprint density at radius 2 is 2.20 bits per heavy atom. The number of hydrogen-bond acceptors (Lipinski definition) is 2. The highest BCUT2D eigenvalue weighted by Gasteiger charge is 2.26. The van der Waals surface area contributed by atoms with Crippen LogP contribution in [0.5, 0.6) is 0 Å². The molecule has 1 aliphatic rings. The van der Waals surface area contributed by atoms with Crippen molar-refractivity contribution in [2.45, 2.75) is 34.1 Å². The number of ketones is 1. The van der Waals surface area contributed by atoms with E-state index in [2.05, 4.69) is 0 Å². The number of allylic oxidation sites excluding steroid dienone is 3. The Hall–Kier alpha value is -1.12. The van der Waals surface area contributed by atoms with Crippen molar-refractivity contribution < 1.29 is 13.9 Å². The van der Waals surface area contributed by atoms with Crippen molar-refractivity contribution in [2.24, 2.45) is 11.8 Å². The second kappa shape index (κ2) is 4.60. The molecule has 1 heterocycles. The molecule has 84 valence electrons. The average Bonchev–Trinajstić information content (AvgIpc) is 1.99. The number of halogens is 1. The molecule has 0 aromatic rings. The first kappa shape index (κ1) is 12.0. The highest BCUT2D eigenvalue weighted by atomic mass is 19.1. The van der Waals surface area contributed by atoms with Crippen LogP contribution in [-0.4, -0.2) is 5.78 Å². The zero-order chi connectivity index (χ0) is 11.6. The molecule has 1 atom stereocenters. The van der Waals surface area contributed by atoms with Crippen LogP contribution in [0.1, 0.15) is 34.1 Å². The van der Waals surface area contributed by atoms with Crippen molar-refractivity contribution in [3.8, 4) is 0 Å². The van der Waals surface area contributed by atoms with E-state index in [1.165, 1.54) is 13.0 Å². The molecule has 0 amide bonds. The van der Waals surface area contributed by atoms with Crippen molar-refractivity contribution in [3.05, 3.63) is 23.4 Å². The molecule has 1 rings (SSSR count). The Bertz CT molecular complexity index is 327. The smallest absolute Gasteiger partial charge is 0.274 e. The number of rotatable bonds is 3. The van der Waals surface area contributed by atoms with Gasteiger partial charge in [-0.15, -0.1) is 0 Å². The predicted molar refractivity (Wildman–Crippen MR) is 56.6 cm³/mol. The molecular weight excluding hydrogens is 195 g/mol. The van der Waals surface area contributed by atoms with Crippen LogP contribution in [0.3, 0.4) is 0 Å². The molecule has 0 fully saturated rings. The number of ether oxygens (including phenoxy) is 1. The van der Waals surface area contributed by atoms with Gasteiger partial charge in [-0.3, -0.25) is 4.79 Å². The van der Waals surface area contributed by atoms with Crippen molar-refractivity contribution >= 4 is 5.78 Å². The van der Waals surface area contributed by atoms with E-state index in [0.29, 0.717) is 17.3 Å². The van der Waals surface area contributed by atoms with Crippen molar-refractivity contribution in [2.75, 3.05) is 0 Å². The summed E-state index contributed by atoms with van der Waals surface area (Å²) in [6, 6.07) is -0.594.